The second-order valence-corrected chi connectivity index (χ2v) is 6.80. The highest BCUT2D eigenvalue weighted by Crippen LogP contribution is 2.24. The summed E-state index contributed by atoms with van der Waals surface area (Å²) < 4.78 is 37.4. The van der Waals surface area contributed by atoms with Crippen molar-refractivity contribution in [2.45, 2.75) is 25.1 Å². The van der Waals surface area contributed by atoms with Crippen molar-refractivity contribution in [2.75, 3.05) is 20.2 Å². The van der Waals surface area contributed by atoms with E-state index in [0.717, 1.165) is 25.9 Å². The number of carbonyl (C=O) groups is 2. The molecule has 1 saturated heterocycles. The van der Waals surface area contributed by atoms with Crippen LogP contribution in [0.25, 0.3) is 0 Å². The summed E-state index contributed by atoms with van der Waals surface area (Å²) in [5, 5.41) is 7.12. The summed E-state index contributed by atoms with van der Waals surface area (Å²) in [6, 6.07) is 14.0. The number of carboxylic acid groups (broad SMARTS) is 1. The molecule has 162 valence electrons. The number of likely N-dealkylation sites (tertiary alicyclic amines) is 1. The van der Waals surface area contributed by atoms with Crippen LogP contribution in [0.2, 0.25) is 0 Å². The van der Waals surface area contributed by atoms with Crippen LogP contribution in [0.4, 0.5) is 13.2 Å². The lowest BCUT2D eigenvalue weighted by molar-refractivity contribution is -0.192. The minimum absolute atomic E-state index is 0.0833. The molecular formula is C21H23F3N2O4. The van der Waals surface area contributed by atoms with Crippen molar-refractivity contribution >= 4 is 11.9 Å². The maximum atomic E-state index is 12.7. The maximum Gasteiger partial charge on any atom is 0.490 e. The summed E-state index contributed by atoms with van der Waals surface area (Å²) in [5.74, 6) is -2.35. The molecular weight excluding hydrogens is 401 g/mol. The van der Waals surface area contributed by atoms with Gasteiger partial charge in [0.2, 0.25) is 0 Å². The van der Waals surface area contributed by atoms with Gasteiger partial charge in [0.05, 0.1) is 6.10 Å². The van der Waals surface area contributed by atoms with Gasteiger partial charge in [-0.2, -0.15) is 13.2 Å². The second-order valence-electron chi connectivity index (χ2n) is 6.80. The Kier molecular flexibility index (Phi) is 8.35. The summed E-state index contributed by atoms with van der Waals surface area (Å²) in [6.07, 6.45) is 0.258. The van der Waals surface area contributed by atoms with E-state index < -0.39 is 12.1 Å². The first-order valence-electron chi connectivity index (χ1n) is 9.28. The Morgan fingerprint density at radius 2 is 1.77 bits per heavy atom. The van der Waals surface area contributed by atoms with E-state index in [4.69, 9.17) is 14.6 Å². The number of pyridine rings is 1. The van der Waals surface area contributed by atoms with Crippen LogP contribution in [-0.4, -0.2) is 59.3 Å². The molecule has 2 heterocycles. The minimum Gasteiger partial charge on any atom is -0.475 e. The van der Waals surface area contributed by atoms with Crippen molar-refractivity contribution in [3.63, 3.8) is 0 Å². The first-order valence-corrected chi connectivity index (χ1v) is 9.28. The number of ether oxygens (including phenoxy) is 1. The quantitative estimate of drug-likeness (QED) is 0.814. The molecule has 0 bridgehead atoms. The van der Waals surface area contributed by atoms with Gasteiger partial charge in [0, 0.05) is 44.1 Å². The van der Waals surface area contributed by atoms with Crippen molar-refractivity contribution in [2.24, 2.45) is 5.92 Å². The second kappa shape index (κ2) is 10.7. The topological polar surface area (TPSA) is 79.7 Å². The molecule has 2 aromatic rings. The number of nitrogens with zero attached hydrogens (tertiary/aromatic N) is 2. The zero-order chi connectivity index (χ0) is 22.1. The fourth-order valence-corrected chi connectivity index (χ4v) is 3.30. The zero-order valence-electron chi connectivity index (χ0n) is 16.4. The smallest absolute Gasteiger partial charge is 0.475 e. The molecule has 2 atom stereocenters. The lowest BCUT2D eigenvalue weighted by atomic mass is 9.88. The van der Waals surface area contributed by atoms with E-state index in [-0.39, 0.29) is 12.0 Å². The van der Waals surface area contributed by atoms with E-state index in [1.54, 1.807) is 31.6 Å². The van der Waals surface area contributed by atoms with Gasteiger partial charge in [0.1, 0.15) is 0 Å². The highest BCUT2D eigenvalue weighted by atomic mass is 19.4. The lowest BCUT2D eigenvalue weighted by Crippen LogP contribution is -2.47. The van der Waals surface area contributed by atoms with Crippen LogP contribution in [0, 0.1) is 5.92 Å². The maximum absolute atomic E-state index is 12.7. The zero-order valence-corrected chi connectivity index (χ0v) is 16.4. The van der Waals surface area contributed by atoms with Gasteiger partial charge in [-0.3, -0.25) is 9.78 Å². The molecule has 1 aromatic heterocycles. The molecule has 0 unspecified atom stereocenters. The first-order chi connectivity index (χ1) is 14.2. The number of carboxylic acids is 1. The summed E-state index contributed by atoms with van der Waals surface area (Å²) >= 11 is 0. The van der Waals surface area contributed by atoms with Gasteiger partial charge in [0.15, 0.2) is 0 Å². The molecule has 0 saturated carbocycles. The van der Waals surface area contributed by atoms with Gasteiger partial charge in [-0.05, 0) is 30.5 Å². The number of hydrogen-bond donors (Lipinski definition) is 1. The van der Waals surface area contributed by atoms with Crippen LogP contribution < -0.4 is 0 Å². The van der Waals surface area contributed by atoms with E-state index in [2.05, 4.69) is 29.2 Å². The summed E-state index contributed by atoms with van der Waals surface area (Å²) in [5.41, 5.74) is 1.99. The summed E-state index contributed by atoms with van der Waals surface area (Å²) in [7, 11) is 1.77. The van der Waals surface area contributed by atoms with Crippen molar-refractivity contribution in [3.05, 3.63) is 66.0 Å². The molecule has 6 nitrogen and oxygen atoms in total. The SMILES string of the molecule is CO[C@@H]1CCN(C(=O)c2ccncc2)C[C@@H]1Cc1ccccc1.O=C(O)C(F)(F)F. The standard InChI is InChI=1S/C19H22N2O2.C2HF3O2/c1-23-18-9-12-21(19(22)16-7-10-20-11-8-16)14-17(18)13-15-5-3-2-4-6-15;3-2(4,5)1(6)7/h2-8,10-11,17-18H,9,12-14H2,1H3;(H,6,7)/t17-,18+;/m0./s1. The van der Waals surface area contributed by atoms with Crippen LogP contribution in [0.1, 0.15) is 22.3 Å². The molecule has 9 heteroatoms. The molecule has 0 spiro atoms. The molecule has 1 fully saturated rings. The molecule has 0 aliphatic carbocycles. The van der Waals surface area contributed by atoms with Crippen molar-refractivity contribution < 1.29 is 32.6 Å². The number of carbonyl (C=O) groups excluding carboxylic acids is 1. The number of aromatic nitrogens is 1. The van der Waals surface area contributed by atoms with Crippen molar-refractivity contribution in [1.29, 1.82) is 0 Å². The van der Waals surface area contributed by atoms with Crippen molar-refractivity contribution in [1.82, 2.24) is 9.88 Å². The minimum atomic E-state index is -5.08. The van der Waals surface area contributed by atoms with Gasteiger partial charge >= 0.3 is 12.1 Å². The molecule has 1 aliphatic rings. The molecule has 0 radical (unpaired) electrons. The Morgan fingerprint density at radius 1 is 1.17 bits per heavy atom. The van der Waals surface area contributed by atoms with E-state index in [0.29, 0.717) is 11.5 Å². The van der Waals surface area contributed by atoms with Crippen LogP contribution in [0.3, 0.4) is 0 Å². The number of halogens is 3. The fourth-order valence-electron chi connectivity index (χ4n) is 3.30. The van der Waals surface area contributed by atoms with E-state index >= 15 is 0 Å². The lowest BCUT2D eigenvalue weighted by Gasteiger charge is -2.38. The van der Waals surface area contributed by atoms with E-state index in [1.165, 1.54) is 5.56 Å². The van der Waals surface area contributed by atoms with Gasteiger partial charge in [-0.1, -0.05) is 30.3 Å². The van der Waals surface area contributed by atoms with Gasteiger partial charge in [0.25, 0.3) is 5.91 Å². The molecule has 3 rings (SSSR count). The molecule has 1 amide bonds. The number of amides is 1. The average molecular weight is 424 g/mol. The van der Waals surface area contributed by atoms with Crippen LogP contribution in [-0.2, 0) is 16.0 Å². The summed E-state index contributed by atoms with van der Waals surface area (Å²) in [6.45, 7) is 1.47. The van der Waals surface area contributed by atoms with Gasteiger partial charge in [-0.15, -0.1) is 0 Å². The Labute approximate surface area is 172 Å². The number of hydrogen-bond acceptors (Lipinski definition) is 4. The number of benzene rings is 1. The molecule has 1 aliphatic heterocycles. The Balaban J connectivity index is 0.000000396. The van der Waals surface area contributed by atoms with Crippen LogP contribution in [0.5, 0.6) is 0 Å². The normalized spacial score (nSPS) is 18.9. The monoisotopic (exact) mass is 424 g/mol. The predicted octanol–water partition coefficient (Wildman–Crippen LogP) is 3.43. The predicted molar refractivity (Wildman–Crippen MR) is 103 cm³/mol. The van der Waals surface area contributed by atoms with E-state index in [1.807, 2.05) is 11.0 Å². The van der Waals surface area contributed by atoms with E-state index in [9.17, 15) is 18.0 Å². The fraction of sp³-hybridized carbons (Fsp3) is 0.381. The Hall–Kier alpha value is -2.94. The van der Waals surface area contributed by atoms with Crippen molar-refractivity contribution in [3.8, 4) is 0 Å². The number of aliphatic carboxylic acids is 1. The van der Waals surface area contributed by atoms with Gasteiger partial charge in [-0.25, -0.2) is 4.79 Å². The molecule has 1 aromatic carbocycles. The summed E-state index contributed by atoms with van der Waals surface area (Å²) in [4.78, 5) is 27.5. The highest BCUT2D eigenvalue weighted by molar-refractivity contribution is 5.94. The first kappa shape index (κ1) is 23.3. The Bertz CT molecular complexity index is 816. The largest absolute Gasteiger partial charge is 0.490 e. The number of alkyl halides is 3. The third-order valence-electron chi connectivity index (χ3n) is 4.76. The molecule has 30 heavy (non-hydrogen) atoms. The number of methoxy groups -OCH3 is 1. The van der Waals surface area contributed by atoms with Gasteiger partial charge < -0.3 is 14.7 Å². The van der Waals surface area contributed by atoms with Crippen LogP contribution >= 0.6 is 0 Å². The number of rotatable bonds is 4. The molecule has 1 N–H and O–H groups in total. The highest BCUT2D eigenvalue weighted by Gasteiger charge is 2.38. The third kappa shape index (κ3) is 6.84. The third-order valence-corrected chi connectivity index (χ3v) is 4.76. The Morgan fingerprint density at radius 3 is 2.30 bits per heavy atom. The van der Waals surface area contributed by atoms with Crippen LogP contribution in [0.15, 0.2) is 54.9 Å². The average Bonchev–Trinajstić information content (AvgIpc) is 2.74. The number of piperidine rings is 1.